The van der Waals surface area contributed by atoms with E-state index in [1.54, 1.807) is 0 Å². The van der Waals surface area contributed by atoms with Crippen LogP contribution in [0.25, 0.3) is 0 Å². The molecule has 0 aromatic carbocycles. The monoisotopic (exact) mass is 499 g/mol. The number of nitrogens with one attached hydrogen (secondary N) is 2. The first-order valence-corrected chi connectivity index (χ1v) is 10.3. The molecule has 0 aliphatic carbocycles. The van der Waals surface area contributed by atoms with Crippen molar-refractivity contribution in [3.8, 4) is 0 Å². The van der Waals surface area contributed by atoms with Crippen molar-refractivity contribution >= 4 is 29.9 Å². The van der Waals surface area contributed by atoms with E-state index in [0.29, 0.717) is 19.8 Å². The number of nitrogens with zero attached hydrogens (tertiary/aromatic N) is 3. The van der Waals surface area contributed by atoms with Gasteiger partial charge in [-0.1, -0.05) is 13.3 Å². The van der Waals surface area contributed by atoms with Gasteiger partial charge in [-0.15, -0.1) is 24.0 Å². The molecule has 2 N–H and O–H groups in total. The summed E-state index contributed by atoms with van der Waals surface area (Å²) in [5.74, 6) is 0.854. The first-order chi connectivity index (χ1) is 12.8. The Morgan fingerprint density at radius 1 is 0.889 bits per heavy atom. The molecule has 27 heavy (non-hydrogen) atoms. The molecule has 0 atom stereocenters. The lowest BCUT2D eigenvalue weighted by Crippen LogP contribution is -2.44. The summed E-state index contributed by atoms with van der Waals surface area (Å²) in [5, 5.41) is 6.65. The predicted octanol–water partition coefficient (Wildman–Crippen LogP) is 1.63. The Balaban J connectivity index is 0.00000676. The Hall–Kier alpha value is -0.160. The molecule has 0 spiro atoms. The van der Waals surface area contributed by atoms with Crippen molar-refractivity contribution in [1.29, 1.82) is 0 Å². The molecular formula is C19H42IN5O2. The topological polar surface area (TPSA) is 61.4 Å². The minimum absolute atomic E-state index is 0. The van der Waals surface area contributed by atoms with Crippen LogP contribution in [0.5, 0.6) is 0 Å². The average molecular weight is 499 g/mol. The van der Waals surface area contributed by atoms with Crippen LogP contribution in [-0.2, 0) is 9.47 Å². The predicted molar refractivity (Wildman–Crippen MR) is 124 cm³/mol. The lowest BCUT2D eigenvalue weighted by Gasteiger charge is -2.32. The summed E-state index contributed by atoms with van der Waals surface area (Å²) >= 11 is 0. The Labute approximate surface area is 183 Å². The minimum Gasteiger partial charge on any atom is -0.379 e. The third-order valence-corrected chi connectivity index (χ3v) is 4.57. The third kappa shape index (κ3) is 15.4. The molecule has 0 aromatic heterocycles. The van der Waals surface area contributed by atoms with E-state index in [-0.39, 0.29) is 24.0 Å². The standard InChI is InChI=1S/C19H41N5O2.HI/c1-4-5-15-25-17-18-26-16-9-22-19(20-2)21-8-6-7-10-24-13-11-23(3)12-14-24;/h4-18H2,1-3H3,(H2,20,21,22);1H. The van der Waals surface area contributed by atoms with E-state index >= 15 is 0 Å². The smallest absolute Gasteiger partial charge is 0.191 e. The van der Waals surface area contributed by atoms with Gasteiger partial charge in [0.15, 0.2) is 5.96 Å². The molecule has 1 aliphatic rings. The molecule has 1 heterocycles. The molecule has 0 saturated carbocycles. The van der Waals surface area contributed by atoms with Gasteiger partial charge in [0.25, 0.3) is 0 Å². The maximum atomic E-state index is 5.55. The van der Waals surface area contributed by atoms with Crippen molar-refractivity contribution in [2.75, 3.05) is 86.3 Å². The largest absolute Gasteiger partial charge is 0.379 e. The fraction of sp³-hybridized carbons (Fsp3) is 0.947. The number of guanidine groups is 1. The van der Waals surface area contributed by atoms with Crippen molar-refractivity contribution in [3.63, 3.8) is 0 Å². The average Bonchev–Trinajstić information content (AvgIpc) is 2.66. The molecule has 0 bridgehead atoms. The van der Waals surface area contributed by atoms with E-state index in [2.05, 4.69) is 39.4 Å². The van der Waals surface area contributed by atoms with E-state index in [1.807, 2.05) is 7.05 Å². The summed E-state index contributed by atoms with van der Waals surface area (Å²) in [5.41, 5.74) is 0. The summed E-state index contributed by atoms with van der Waals surface area (Å²) < 4.78 is 11.0. The number of hydrogen-bond acceptors (Lipinski definition) is 5. The molecule has 1 rings (SSSR count). The third-order valence-electron chi connectivity index (χ3n) is 4.57. The quantitative estimate of drug-likeness (QED) is 0.164. The van der Waals surface area contributed by atoms with Crippen LogP contribution in [0.15, 0.2) is 4.99 Å². The zero-order valence-electron chi connectivity index (χ0n) is 17.7. The van der Waals surface area contributed by atoms with Crippen molar-refractivity contribution in [2.24, 2.45) is 4.99 Å². The van der Waals surface area contributed by atoms with Gasteiger partial charge < -0.3 is 29.9 Å². The number of rotatable bonds is 14. The molecule has 7 nitrogen and oxygen atoms in total. The summed E-state index contributed by atoms with van der Waals surface area (Å²) in [6.07, 6.45) is 4.69. The van der Waals surface area contributed by atoms with Gasteiger partial charge in [0, 0.05) is 52.9 Å². The van der Waals surface area contributed by atoms with Crippen molar-refractivity contribution in [1.82, 2.24) is 20.4 Å². The maximum absolute atomic E-state index is 5.55. The van der Waals surface area contributed by atoms with E-state index in [1.165, 1.54) is 52.0 Å². The van der Waals surface area contributed by atoms with Crippen LogP contribution >= 0.6 is 24.0 Å². The van der Waals surface area contributed by atoms with Gasteiger partial charge in [-0.25, -0.2) is 0 Å². The molecule has 1 fully saturated rings. The van der Waals surface area contributed by atoms with E-state index in [0.717, 1.165) is 32.1 Å². The van der Waals surface area contributed by atoms with Crippen LogP contribution < -0.4 is 10.6 Å². The highest BCUT2D eigenvalue weighted by Crippen LogP contribution is 2.01. The molecule has 0 unspecified atom stereocenters. The van der Waals surface area contributed by atoms with Gasteiger partial charge in [0.1, 0.15) is 0 Å². The number of unbranched alkanes of at least 4 members (excludes halogenated alkanes) is 2. The summed E-state index contributed by atoms with van der Waals surface area (Å²) in [4.78, 5) is 9.22. The lowest BCUT2D eigenvalue weighted by atomic mass is 10.2. The molecule has 162 valence electrons. The van der Waals surface area contributed by atoms with Gasteiger partial charge in [-0.3, -0.25) is 4.99 Å². The van der Waals surface area contributed by atoms with Gasteiger partial charge in [-0.2, -0.15) is 0 Å². The van der Waals surface area contributed by atoms with Crippen LogP contribution in [0.3, 0.4) is 0 Å². The second kappa shape index (κ2) is 19.2. The van der Waals surface area contributed by atoms with Crippen LogP contribution in [0, 0.1) is 0 Å². The Bertz CT molecular complexity index is 353. The van der Waals surface area contributed by atoms with Gasteiger partial charge >= 0.3 is 0 Å². The highest BCUT2D eigenvalue weighted by Gasteiger charge is 2.12. The van der Waals surface area contributed by atoms with Crippen LogP contribution in [0.4, 0.5) is 0 Å². The normalized spacial score (nSPS) is 16.2. The van der Waals surface area contributed by atoms with Crippen molar-refractivity contribution in [2.45, 2.75) is 32.6 Å². The molecule has 0 amide bonds. The molecule has 0 radical (unpaired) electrons. The fourth-order valence-corrected chi connectivity index (χ4v) is 2.77. The van der Waals surface area contributed by atoms with E-state index in [4.69, 9.17) is 9.47 Å². The van der Waals surface area contributed by atoms with Gasteiger partial charge in [0.2, 0.25) is 0 Å². The van der Waals surface area contributed by atoms with Crippen LogP contribution in [0.2, 0.25) is 0 Å². The first-order valence-electron chi connectivity index (χ1n) is 10.3. The number of piperazine rings is 1. The number of ether oxygens (including phenoxy) is 2. The SMILES string of the molecule is CCCCOCCOCCNC(=NC)NCCCCN1CCN(C)CC1.I. The van der Waals surface area contributed by atoms with Gasteiger partial charge in [0.05, 0.1) is 19.8 Å². The number of likely N-dealkylation sites (N-methyl/N-ethyl adjacent to an activating group) is 1. The van der Waals surface area contributed by atoms with Crippen molar-refractivity contribution in [3.05, 3.63) is 0 Å². The zero-order chi connectivity index (χ0) is 18.9. The number of hydrogen-bond donors (Lipinski definition) is 2. The van der Waals surface area contributed by atoms with Crippen LogP contribution in [-0.4, -0.2) is 102 Å². The molecule has 1 aliphatic heterocycles. The second-order valence-electron chi connectivity index (χ2n) is 6.86. The van der Waals surface area contributed by atoms with Gasteiger partial charge in [-0.05, 0) is 32.9 Å². The maximum Gasteiger partial charge on any atom is 0.191 e. The summed E-state index contributed by atoms with van der Waals surface area (Å²) in [6, 6.07) is 0. The first kappa shape index (κ1) is 26.8. The fourth-order valence-electron chi connectivity index (χ4n) is 2.77. The molecular weight excluding hydrogens is 457 g/mol. The molecule has 0 aromatic rings. The molecule has 8 heteroatoms. The number of halogens is 1. The second-order valence-corrected chi connectivity index (χ2v) is 6.86. The number of aliphatic imine (C=N–C) groups is 1. The lowest BCUT2D eigenvalue weighted by molar-refractivity contribution is 0.0487. The Kier molecular flexibility index (Phi) is 19.1. The van der Waals surface area contributed by atoms with Crippen LogP contribution in [0.1, 0.15) is 32.6 Å². The highest BCUT2D eigenvalue weighted by atomic mass is 127. The summed E-state index contributed by atoms with van der Waals surface area (Å²) in [6.45, 7) is 12.7. The zero-order valence-corrected chi connectivity index (χ0v) is 20.0. The van der Waals surface area contributed by atoms with E-state index in [9.17, 15) is 0 Å². The molecule has 1 saturated heterocycles. The Morgan fingerprint density at radius 3 is 2.22 bits per heavy atom. The van der Waals surface area contributed by atoms with E-state index < -0.39 is 0 Å². The minimum atomic E-state index is 0. The highest BCUT2D eigenvalue weighted by molar-refractivity contribution is 14.0. The van der Waals surface area contributed by atoms with Crippen molar-refractivity contribution < 1.29 is 9.47 Å². The Morgan fingerprint density at radius 2 is 1.56 bits per heavy atom. The summed E-state index contributed by atoms with van der Waals surface area (Å²) in [7, 11) is 4.01.